The van der Waals surface area contributed by atoms with Crippen LogP contribution in [0.15, 0.2) is 52.9 Å². The summed E-state index contributed by atoms with van der Waals surface area (Å²) in [7, 11) is 0. The summed E-state index contributed by atoms with van der Waals surface area (Å²) >= 11 is 0. The highest BCUT2D eigenvalue weighted by atomic mass is 16.3. The molecule has 6 nitrogen and oxygen atoms in total. The molecule has 2 aromatic carbocycles. The molecule has 0 spiro atoms. The summed E-state index contributed by atoms with van der Waals surface area (Å²) in [5.41, 5.74) is 3.34. The molecular weight excluding hydrogens is 376 g/mol. The van der Waals surface area contributed by atoms with E-state index in [1.807, 2.05) is 30.3 Å². The van der Waals surface area contributed by atoms with Gasteiger partial charge in [0, 0.05) is 51.3 Å². The molecule has 158 valence electrons. The number of carbonyl (C=O) groups is 1. The number of rotatable bonds is 8. The van der Waals surface area contributed by atoms with Gasteiger partial charge in [-0.1, -0.05) is 37.3 Å². The zero-order valence-corrected chi connectivity index (χ0v) is 17.6. The average Bonchev–Trinajstić information content (AvgIpc) is 3.21. The van der Waals surface area contributed by atoms with Crippen LogP contribution < -0.4 is 5.32 Å². The second-order valence-electron chi connectivity index (χ2n) is 7.81. The Labute approximate surface area is 177 Å². The highest BCUT2D eigenvalue weighted by Gasteiger charge is 2.16. The van der Waals surface area contributed by atoms with Crippen LogP contribution in [0.2, 0.25) is 0 Å². The molecule has 0 radical (unpaired) electrons. The standard InChI is InChI=1S/C24H30N4O2/c1-2-27-14-16-28(17-15-27)13-12-25-24(29)20-9-10-21-22(18-20)30-23(26-21)11-8-19-6-4-3-5-7-19/h3-7,9-10,18H,2,8,11-17H2,1H3,(H,25,29). The Hall–Kier alpha value is -2.70. The van der Waals surface area contributed by atoms with Gasteiger partial charge in [-0.15, -0.1) is 0 Å². The Morgan fingerprint density at radius 2 is 1.80 bits per heavy atom. The molecular formula is C24H30N4O2. The van der Waals surface area contributed by atoms with E-state index < -0.39 is 0 Å². The van der Waals surface area contributed by atoms with Gasteiger partial charge in [-0.3, -0.25) is 9.69 Å². The number of aryl methyl sites for hydroxylation is 2. The number of amides is 1. The van der Waals surface area contributed by atoms with Gasteiger partial charge in [-0.25, -0.2) is 4.98 Å². The van der Waals surface area contributed by atoms with E-state index in [-0.39, 0.29) is 5.91 Å². The average molecular weight is 407 g/mol. The zero-order valence-electron chi connectivity index (χ0n) is 17.6. The molecule has 1 aliphatic rings. The van der Waals surface area contributed by atoms with E-state index in [9.17, 15) is 4.79 Å². The molecule has 0 saturated carbocycles. The van der Waals surface area contributed by atoms with E-state index in [0.29, 0.717) is 23.6 Å². The maximum Gasteiger partial charge on any atom is 0.251 e. The Balaban J connectivity index is 1.29. The number of oxazole rings is 1. The summed E-state index contributed by atoms with van der Waals surface area (Å²) in [5.74, 6) is 0.643. The zero-order chi connectivity index (χ0) is 20.8. The SMILES string of the molecule is CCN1CCN(CCNC(=O)c2ccc3nc(CCc4ccccc4)oc3c2)CC1. The van der Waals surface area contributed by atoms with Crippen molar-refractivity contribution < 1.29 is 9.21 Å². The molecule has 1 fully saturated rings. The van der Waals surface area contributed by atoms with Crippen molar-refractivity contribution in [3.8, 4) is 0 Å². The van der Waals surface area contributed by atoms with Crippen molar-refractivity contribution in [1.29, 1.82) is 0 Å². The van der Waals surface area contributed by atoms with Crippen LogP contribution in [0, 0.1) is 0 Å². The lowest BCUT2D eigenvalue weighted by Crippen LogP contribution is -2.48. The second-order valence-corrected chi connectivity index (χ2v) is 7.81. The van der Waals surface area contributed by atoms with Crippen LogP contribution in [-0.2, 0) is 12.8 Å². The summed E-state index contributed by atoms with van der Waals surface area (Å²) in [6.07, 6.45) is 1.62. The third-order valence-corrected chi connectivity index (χ3v) is 5.79. The number of carbonyl (C=O) groups excluding carboxylic acids is 1. The smallest absolute Gasteiger partial charge is 0.251 e. The van der Waals surface area contributed by atoms with Gasteiger partial charge in [0.15, 0.2) is 11.5 Å². The van der Waals surface area contributed by atoms with Crippen molar-refractivity contribution in [3.05, 3.63) is 65.5 Å². The quantitative estimate of drug-likeness (QED) is 0.623. The highest BCUT2D eigenvalue weighted by molar-refractivity contribution is 5.97. The van der Waals surface area contributed by atoms with E-state index in [2.05, 4.69) is 39.2 Å². The molecule has 30 heavy (non-hydrogen) atoms. The van der Waals surface area contributed by atoms with Crippen molar-refractivity contribution in [3.63, 3.8) is 0 Å². The fraction of sp³-hybridized carbons (Fsp3) is 0.417. The molecule has 1 amide bonds. The van der Waals surface area contributed by atoms with E-state index in [0.717, 1.165) is 57.6 Å². The van der Waals surface area contributed by atoms with Gasteiger partial charge in [0.25, 0.3) is 5.91 Å². The highest BCUT2D eigenvalue weighted by Crippen LogP contribution is 2.19. The van der Waals surface area contributed by atoms with Crippen molar-refractivity contribution in [2.45, 2.75) is 19.8 Å². The Morgan fingerprint density at radius 3 is 2.57 bits per heavy atom. The number of piperazine rings is 1. The van der Waals surface area contributed by atoms with Crippen molar-refractivity contribution in [1.82, 2.24) is 20.1 Å². The largest absolute Gasteiger partial charge is 0.441 e. The molecule has 6 heteroatoms. The number of aromatic nitrogens is 1. The lowest BCUT2D eigenvalue weighted by atomic mass is 10.1. The number of likely N-dealkylation sites (N-methyl/N-ethyl adjacent to an activating group) is 1. The monoisotopic (exact) mass is 406 g/mol. The molecule has 3 aromatic rings. The van der Waals surface area contributed by atoms with Crippen LogP contribution in [0.5, 0.6) is 0 Å². The van der Waals surface area contributed by atoms with Gasteiger partial charge in [-0.05, 0) is 36.7 Å². The second kappa shape index (κ2) is 9.87. The molecule has 0 aliphatic carbocycles. The predicted octanol–water partition coefficient (Wildman–Crippen LogP) is 2.98. The fourth-order valence-electron chi connectivity index (χ4n) is 3.88. The molecule has 4 rings (SSSR count). The normalized spacial score (nSPS) is 15.5. The van der Waals surface area contributed by atoms with Crippen LogP contribution in [0.1, 0.15) is 28.7 Å². The number of benzene rings is 2. The molecule has 0 atom stereocenters. The maximum atomic E-state index is 12.5. The van der Waals surface area contributed by atoms with Crippen molar-refractivity contribution >= 4 is 17.0 Å². The minimum atomic E-state index is -0.0636. The van der Waals surface area contributed by atoms with Crippen LogP contribution >= 0.6 is 0 Å². The minimum absolute atomic E-state index is 0.0636. The van der Waals surface area contributed by atoms with Crippen LogP contribution in [0.25, 0.3) is 11.1 Å². The van der Waals surface area contributed by atoms with E-state index in [1.165, 1.54) is 5.56 Å². The van der Waals surface area contributed by atoms with Crippen LogP contribution in [-0.4, -0.2) is 66.5 Å². The first-order chi connectivity index (χ1) is 14.7. The number of hydrogen-bond donors (Lipinski definition) is 1. The third kappa shape index (κ3) is 5.26. The molecule has 1 aromatic heterocycles. The number of fused-ring (bicyclic) bond motifs is 1. The lowest BCUT2D eigenvalue weighted by molar-refractivity contribution is 0.0938. The Morgan fingerprint density at radius 1 is 1.03 bits per heavy atom. The molecule has 2 heterocycles. The van der Waals surface area contributed by atoms with Crippen LogP contribution in [0.4, 0.5) is 0 Å². The summed E-state index contributed by atoms with van der Waals surface area (Å²) in [6.45, 7) is 9.22. The van der Waals surface area contributed by atoms with Gasteiger partial charge in [0.1, 0.15) is 5.52 Å². The first kappa shape index (κ1) is 20.6. The first-order valence-electron chi connectivity index (χ1n) is 10.9. The summed E-state index contributed by atoms with van der Waals surface area (Å²) in [4.78, 5) is 22.0. The number of hydrogen-bond acceptors (Lipinski definition) is 5. The van der Waals surface area contributed by atoms with E-state index in [1.54, 1.807) is 6.07 Å². The topological polar surface area (TPSA) is 61.6 Å². The van der Waals surface area contributed by atoms with Gasteiger partial charge < -0.3 is 14.6 Å². The maximum absolute atomic E-state index is 12.5. The molecule has 0 unspecified atom stereocenters. The van der Waals surface area contributed by atoms with Gasteiger partial charge in [0.05, 0.1) is 0 Å². The Bertz CT molecular complexity index is 962. The molecule has 1 saturated heterocycles. The van der Waals surface area contributed by atoms with E-state index >= 15 is 0 Å². The lowest BCUT2D eigenvalue weighted by Gasteiger charge is -2.33. The number of nitrogens with one attached hydrogen (secondary N) is 1. The fourth-order valence-corrected chi connectivity index (χ4v) is 3.88. The van der Waals surface area contributed by atoms with Crippen molar-refractivity contribution in [2.24, 2.45) is 0 Å². The Kier molecular flexibility index (Phi) is 6.77. The summed E-state index contributed by atoms with van der Waals surface area (Å²) in [6, 6.07) is 15.8. The van der Waals surface area contributed by atoms with Gasteiger partial charge in [-0.2, -0.15) is 0 Å². The molecule has 1 N–H and O–H groups in total. The van der Waals surface area contributed by atoms with Crippen LogP contribution in [0.3, 0.4) is 0 Å². The van der Waals surface area contributed by atoms with E-state index in [4.69, 9.17) is 4.42 Å². The minimum Gasteiger partial charge on any atom is -0.441 e. The third-order valence-electron chi connectivity index (χ3n) is 5.79. The van der Waals surface area contributed by atoms with Gasteiger partial charge in [0.2, 0.25) is 0 Å². The molecule has 1 aliphatic heterocycles. The van der Waals surface area contributed by atoms with Gasteiger partial charge >= 0.3 is 0 Å². The molecule has 0 bridgehead atoms. The number of nitrogens with zero attached hydrogens (tertiary/aromatic N) is 3. The van der Waals surface area contributed by atoms with Crippen molar-refractivity contribution in [2.75, 3.05) is 45.8 Å². The predicted molar refractivity (Wildman–Crippen MR) is 119 cm³/mol. The summed E-state index contributed by atoms with van der Waals surface area (Å²) < 4.78 is 5.90. The summed E-state index contributed by atoms with van der Waals surface area (Å²) in [5, 5.41) is 3.03. The first-order valence-corrected chi connectivity index (χ1v) is 10.9.